The predicted octanol–water partition coefficient (Wildman–Crippen LogP) is 1.12. The molecule has 6 nitrogen and oxygen atoms in total. The molecule has 2 rings (SSSR count). The van der Waals surface area contributed by atoms with Gasteiger partial charge in [-0.1, -0.05) is 6.92 Å². The van der Waals surface area contributed by atoms with Crippen LogP contribution in [0.2, 0.25) is 0 Å². The Balaban J connectivity index is 2.42. The van der Waals surface area contributed by atoms with Gasteiger partial charge in [0, 0.05) is 29.8 Å². The van der Waals surface area contributed by atoms with Crippen molar-refractivity contribution in [3.63, 3.8) is 0 Å². The first-order valence-electron chi connectivity index (χ1n) is 5.49. The van der Waals surface area contributed by atoms with E-state index in [0.717, 1.165) is 12.8 Å². The zero-order valence-electron chi connectivity index (χ0n) is 9.47. The lowest BCUT2D eigenvalue weighted by molar-refractivity contribution is 0.192. The fraction of sp³-hybridized carbons (Fsp3) is 0.778. The van der Waals surface area contributed by atoms with Crippen LogP contribution < -0.4 is 0 Å². The Labute approximate surface area is 104 Å². The molecule has 1 aromatic rings. The molecule has 0 amide bonds. The lowest BCUT2D eigenvalue weighted by Gasteiger charge is -2.10. The molecule has 17 heavy (non-hydrogen) atoms. The van der Waals surface area contributed by atoms with Gasteiger partial charge in [-0.25, -0.2) is 8.42 Å². The first-order valence-corrected chi connectivity index (χ1v) is 7.80. The number of hydrogen-bond donors (Lipinski definition) is 0. The van der Waals surface area contributed by atoms with Crippen molar-refractivity contribution in [2.75, 3.05) is 13.2 Å². The summed E-state index contributed by atoms with van der Waals surface area (Å²) in [7, 11) is 1.49. The van der Waals surface area contributed by atoms with Gasteiger partial charge in [-0.2, -0.15) is 0 Å². The first-order chi connectivity index (χ1) is 8.04. The van der Waals surface area contributed by atoms with E-state index in [1.807, 2.05) is 6.92 Å². The van der Waals surface area contributed by atoms with Crippen molar-refractivity contribution in [3.8, 4) is 0 Å². The molecule has 1 atom stereocenters. The SMILES string of the molecule is CCCn1c(C2CCOC2)nnc1S(=O)(=O)Cl. The van der Waals surface area contributed by atoms with Crippen molar-refractivity contribution in [3.05, 3.63) is 5.82 Å². The second-order valence-corrected chi connectivity index (χ2v) is 6.45. The topological polar surface area (TPSA) is 74.1 Å². The highest BCUT2D eigenvalue weighted by Crippen LogP contribution is 2.26. The molecule has 0 N–H and O–H groups in total. The Morgan fingerprint density at radius 2 is 2.29 bits per heavy atom. The molecule has 1 aliphatic heterocycles. The first kappa shape index (κ1) is 12.8. The van der Waals surface area contributed by atoms with Crippen molar-refractivity contribution in [1.29, 1.82) is 0 Å². The number of halogens is 1. The van der Waals surface area contributed by atoms with E-state index in [1.165, 1.54) is 0 Å². The van der Waals surface area contributed by atoms with Crippen LogP contribution in [0.3, 0.4) is 0 Å². The third-order valence-corrected chi connectivity index (χ3v) is 3.86. The summed E-state index contributed by atoms with van der Waals surface area (Å²) in [5.74, 6) is 0.768. The summed E-state index contributed by atoms with van der Waals surface area (Å²) >= 11 is 0. The molecule has 0 bridgehead atoms. The lowest BCUT2D eigenvalue weighted by atomic mass is 10.1. The molecule has 0 aromatic carbocycles. The van der Waals surface area contributed by atoms with E-state index < -0.39 is 9.05 Å². The minimum atomic E-state index is -3.84. The van der Waals surface area contributed by atoms with Gasteiger partial charge in [0.25, 0.3) is 14.2 Å². The number of aromatic nitrogens is 3. The van der Waals surface area contributed by atoms with Gasteiger partial charge in [0.2, 0.25) is 0 Å². The maximum Gasteiger partial charge on any atom is 0.296 e. The van der Waals surface area contributed by atoms with Crippen molar-refractivity contribution in [1.82, 2.24) is 14.8 Å². The molecule has 96 valence electrons. The molecule has 0 saturated carbocycles. The maximum atomic E-state index is 11.4. The van der Waals surface area contributed by atoms with E-state index in [1.54, 1.807) is 4.57 Å². The summed E-state index contributed by atoms with van der Waals surface area (Å²) in [6.07, 6.45) is 1.63. The summed E-state index contributed by atoms with van der Waals surface area (Å²) in [5.41, 5.74) is 0. The molecule has 1 aromatic heterocycles. The van der Waals surface area contributed by atoms with Gasteiger partial charge in [-0.15, -0.1) is 10.2 Å². The van der Waals surface area contributed by atoms with Crippen LogP contribution in [0.25, 0.3) is 0 Å². The van der Waals surface area contributed by atoms with Crippen LogP contribution in [0.4, 0.5) is 0 Å². The highest BCUT2D eigenvalue weighted by molar-refractivity contribution is 8.13. The largest absolute Gasteiger partial charge is 0.381 e. The molecule has 1 aliphatic rings. The fourth-order valence-corrected chi connectivity index (χ4v) is 2.88. The molecule has 1 fully saturated rings. The molecule has 0 radical (unpaired) electrons. The van der Waals surface area contributed by atoms with Crippen molar-refractivity contribution in [2.24, 2.45) is 0 Å². The highest BCUT2D eigenvalue weighted by Gasteiger charge is 2.28. The van der Waals surface area contributed by atoms with Crippen LogP contribution in [0.5, 0.6) is 0 Å². The minimum Gasteiger partial charge on any atom is -0.381 e. The monoisotopic (exact) mass is 279 g/mol. The smallest absolute Gasteiger partial charge is 0.296 e. The number of nitrogens with zero attached hydrogens (tertiary/aromatic N) is 3. The fourth-order valence-electron chi connectivity index (χ4n) is 1.95. The van der Waals surface area contributed by atoms with Gasteiger partial charge in [0.05, 0.1) is 6.61 Å². The minimum absolute atomic E-state index is 0.112. The summed E-state index contributed by atoms with van der Waals surface area (Å²) in [6, 6.07) is 0. The van der Waals surface area contributed by atoms with Crippen LogP contribution in [-0.4, -0.2) is 36.4 Å². The molecule has 2 heterocycles. The van der Waals surface area contributed by atoms with Gasteiger partial charge in [-0.05, 0) is 12.8 Å². The van der Waals surface area contributed by atoms with Gasteiger partial charge in [-0.3, -0.25) is 0 Å². The third kappa shape index (κ3) is 2.61. The Kier molecular flexibility index (Phi) is 3.70. The lowest BCUT2D eigenvalue weighted by Crippen LogP contribution is -2.13. The van der Waals surface area contributed by atoms with E-state index >= 15 is 0 Å². The van der Waals surface area contributed by atoms with Crippen molar-refractivity contribution >= 4 is 19.7 Å². The second kappa shape index (κ2) is 4.91. The number of hydrogen-bond acceptors (Lipinski definition) is 5. The quantitative estimate of drug-likeness (QED) is 0.772. The van der Waals surface area contributed by atoms with Crippen LogP contribution in [-0.2, 0) is 20.3 Å². The molecule has 1 saturated heterocycles. The Hall–Kier alpha value is -0.660. The van der Waals surface area contributed by atoms with E-state index in [4.69, 9.17) is 15.4 Å². The van der Waals surface area contributed by atoms with E-state index in [2.05, 4.69) is 10.2 Å². The van der Waals surface area contributed by atoms with Crippen LogP contribution in [0, 0.1) is 0 Å². The van der Waals surface area contributed by atoms with E-state index in [9.17, 15) is 8.42 Å². The Bertz CT molecular complexity index is 494. The van der Waals surface area contributed by atoms with Gasteiger partial charge in [0.1, 0.15) is 5.82 Å². The Morgan fingerprint density at radius 1 is 1.53 bits per heavy atom. The highest BCUT2D eigenvalue weighted by atomic mass is 35.7. The van der Waals surface area contributed by atoms with Crippen LogP contribution in [0.15, 0.2) is 5.16 Å². The molecule has 0 aliphatic carbocycles. The molecular weight excluding hydrogens is 266 g/mol. The summed E-state index contributed by atoms with van der Waals surface area (Å²) < 4.78 is 29.6. The molecular formula is C9H14ClN3O3S. The summed E-state index contributed by atoms with van der Waals surface area (Å²) in [4.78, 5) is 0. The summed E-state index contributed by atoms with van der Waals surface area (Å²) in [5, 5.41) is 7.48. The third-order valence-electron chi connectivity index (χ3n) is 2.71. The van der Waals surface area contributed by atoms with Crippen LogP contribution >= 0.6 is 10.7 Å². The number of ether oxygens (including phenoxy) is 1. The normalized spacial score (nSPS) is 20.9. The zero-order chi connectivity index (χ0) is 12.5. The summed E-state index contributed by atoms with van der Waals surface area (Å²) in [6.45, 7) is 3.73. The van der Waals surface area contributed by atoms with Crippen molar-refractivity contribution in [2.45, 2.75) is 37.4 Å². The predicted molar refractivity (Wildman–Crippen MR) is 61.5 cm³/mol. The average molecular weight is 280 g/mol. The van der Waals surface area contributed by atoms with E-state index in [-0.39, 0.29) is 11.1 Å². The standard InChI is InChI=1S/C9H14ClN3O3S/c1-2-4-13-8(7-3-5-16-6-7)11-12-9(13)17(10,14)15/h7H,2-6H2,1H3. The van der Waals surface area contributed by atoms with Crippen molar-refractivity contribution < 1.29 is 13.2 Å². The van der Waals surface area contributed by atoms with E-state index in [0.29, 0.717) is 25.6 Å². The molecule has 1 unspecified atom stereocenters. The Morgan fingerprint density at radius 3 is 2.82 bits per heavy atom. The molecule has 8 heteroatoms. The van der Waals surface area contributed by atoms with Gasteiger partial charge in [0.15, 0.2) is 0 Å². The zero-order valence-corrected chi connectivity index (χ0v) is 11.0. The van der Waals surface area contributed by atoms with Gasteiger partial charge >= 0.3 is 0 Å². The van der Waals surface area contributed by atoms with Crippen LogP contribution in [0.1, 0.15) is 31.5 Å². The molecule has 0 spiro atoms. The average Bonchev–Trinajstić information content (AvgIpc) is 2.82. The maximum absolute atomic E-state index is 11.4. The number of rotatable bonds is 4. The second-order valence-electron chi connectivity index (χ2n) is 3.99. The van der Waals surface area contributed by atoms with Gasteiger partial charge < -0.3 is 9.30 Å².